The summed E-state index contributed by atoms with van der Waals surface area (Å²) < 4.78 is 22.0. The number of fused-ring (bicyclic) bond motifs is 1. The van der Waals surface area contributed by atoms with Gasteiger partial charge in [-0.3, -0.25) is 9.59 Å². The highest BCUT2D eigenvalue weighted by atomic mass is 19.1. The third-order valence-corrected chi connectivity index (χ3v) is 6.02. The molecule has 0 fully saturated rings. The van der Waals surface area contributed by atoms with Crippen molar-refractivity contribution >= 4 is 22.8 Å². The molecule has 2 amide bonds. The van der Waals surface area contributed by atoms with E-state index >= 15 is 0 Å². The zero-order valence-electron chi connectivity index (χ0n) is 20.8. The molecule has 35 heavy (non-hydrogen) atoms. The van der Waals surface area contributed by atoms with E-state index in [2.05, 4.69) is 15.6 Å². The lowest BCUT2D eigenvalue weighted by molar-refractivity contribution is -0.142. The highest BCUT2D eigenvalue weighted by Crippen LogP contribution is 2.26. The molecule has 0 aliphatic heterocycles. The molecule has 188 valence electrons. The largest absolute Gasteiger partial charge is 0.382 e. The van der Waals surface area contributed by atoms with Gasteiger partial charge in [-0.15, -0.1) is 5.10 Å². The Balaban J connectivity index is 1.99. The van der Waals surface area contributed by atoms with Gasteiger partial charge in [-0.1, -0.05) is 42.5 Å². The fourth-order valence-corrected chi connectivity index (χ4v) is 3.77. The maximum Gasteiger partial charge on any atom is 0.247 e. The minimum atomic E-state index is -1.15. The van der Waals surface area contributed by atoms with Crippen molar-refractivity contribution in [1.82, 2.24) is 25.2 Å². The summed E-state index contributed by atoms with van der Waals surface area (Å²) in [5.74, 6) is -1.35. The Morgan fingerprint density at radius 1 is 1.14 bits per heavy atom. The minimum Gasteiger partial charge on any atom is -0.382 e. The Morgan fingerprint density at radius 3 is 2.57 bits per heavy atom. The van der Waals surface area contributed by atoms with Crippen molar-refractivity contribution in [2.45, 2.75) is 58.7 Å². The van der Waals surface area contributed by atoms with Gasteiger partial charge < -0.3 is 15.0 Å². The van der Waals surface area contributed by atoms with Crippen LogP contribution in [0.1, 0.15) is 52.1 Å². The van der Waals surface area contributed by atoms with Crippen LogP contribution in [0.15, 0.2) is 48.5 Å². The second kappa shape index (κ2) is 11.9. The molecule has 1 heterocycles. The van der Waals surface area contributed by atoms with Crippen LogP contribution in [-0.4, -0.2) is 57.0 Å². The number of nitrogens with zero attached hydrogens (tertiary/aromatic N) is 4. The number of hydrogen-bond donors (Lipinski definition) is 1. The maximum atomic E-state index is 15.0. The van der Waals surface area contributed by atoms with Crippen molar-refractivity contribution < 1.29 is 18.7 Å². The Hall–Kier alpha value is -3.33. The SMILES string of the molecule is CCOCCCN(C(=O)Cn1nnc2ccccc21)C(C(=O)NC(C)(C)CC)c1ccccc1F. The topological polar surface area (TPSA) is 89.3 Å². The van der Waals surface area contributed by atoms with E-state index in [-0.39, 0.29) is 24.6 Å². The van der Waals surface area contributed by atoms with Crippen molar-refractivity contribution in [2.75, 3.05) is 19.8 Å². The van der Waals surface area contributed by atoms with Crippen molar-refractivity contribution in [3.8, 4) is 0 Å². The third-order valence-electron chi connectivity index (χ3n) is 6.02. The zero-order valence-corrected chi connectivity index (χ0v) is 20.8. The maximum absolute atomic E-state index is 15.0. The Bertz CT molecular complexity index is 1150. The standard InChI is InChI=1S/C26H34FN5O3/c1-5-26(3,4)28-25(34)24(19-12-7-8-13-20(19)27)31(16-11-17-35-6-2)23(33)18-32-22-15-10-9-14-21(22)29-30-32/h7-10,12-15,24H,5-6,11,16-18H2,1-4H3,(H,28,34). The molecule has 9 heteroatoms. The first-order valence-corrected chi connectivity index (χ1v) is 12.0. The molecule has 0 radical (unpaired) electrons. The van der Waals surface area contributed by atoms with E-state index in [0.717, 1.165) is 0 Å². The lowest BCUT2D eigenvalue weighted by Gasteiger charge is -2.34. The average molecular weight is 484 g/mol. The van der Waals surface area contributed by atoms with Gasteiger partial charge in [-0.25, -0.2) is 9.07 Å². The van der Waals surface area contributed by atoms with E-state index in [1.165, 1.54) is 15.6 Å². The average Bonchev–Trinajstić information content (AvgIpc) is 3.24. The number of halogens is 1. The number of para-hydroxylation sites is 1. The molecule has 3 aromatic rings. The van der Waals surface area contributed by atoms with Gasteiger partial charge in [0.1, 0.15) is 23.9 Å². The van der Waals surface area contributed by atoms with Crippen LogP contribution in [0.3, 0.4) is 0 Å². The summed E-state index contributed by atoms with van der Waals surface area (Å²) in [5.41, 5.74) is 0.985. The first-order chi connectivity index (χ1) is 16.8. The molecule has 3 rings (SSSR count). The monoisotopic (exact) mass is 483 g/mol. The van der Waals surface area contributed by atoms with Crippen LogP contribution in [0.2, 0.25) is 0 Å². The van der Waals surface area contributed by atoms with E-state index in [1.54, 1.807) is 18.2 Å². The molecule has 0 spiro atoms. The molecular formula is C26H34FN5O3. The second-order valence-corrected chi connectivity index (χ2v) is 9.02. The predicted octanol–water partition coefficient (Wildman–Crippen LogP) is 3.87. The highest BCUT2D eigenvalue weighted by molar-refractivity contribution is 5.89. The summed E-state index contributed by atoms with van der Waals surface area (Å²) in [7, 11) is 0. The van der Waals surface area contributed by atoms with Crippen molar-refractivity contribution in [2.24, 2.45) is 0 Å². The van der Waals surface area contributed by atoms with Crippen LogP contribution in [0.25, 0.3) is 11.0 Å². The van der Waals surface area contributed by atoms with Crippen LogP contribution >= 0.6 is 0 Å². The zero-order chi connectivity index (χ0) is 25.4. The number of benzene rings is 2. The molecule has 1 N–H and O–H groups in total. The minimum absolute atomic E-state index is 0.134. The van der Waals surface area contributed by atoms with Crippen LogP contribution < -0.4 is 5.32 Å². The molecule has 1 unspecified atom stereocenters. The molecule has 0 saturated heterocycles. The van der Waals surface area contributed by atoms with Gasteiger partial charge >= 0.3 is 0 Å². The van der Waals surface area contributed by atoms with Gasteiger partial charge in [0.05, 0.1) is 5.52 Å². The quantitative estimate of drug-likeness (QED) is 0.395. The summed E-state index contributed by atoms with van der Waals surface area (Å²) in [6.45, 7) is 8.67. The summed E-state index contributed by atoms with van der Waals surface area (Å²) in [6, 6.07) is 12.3. The van der Waals surface area contributed by atoms with Crippen LogP contribution in [0.5, 0.6) is 0 Å². The fraction of sp³-hybridized carbons (Fsp3) is 0.462. The lowest BCUT2D eigenvalue weighted by Crippen LogP contribution is -2.51. The molecule has 8 nitrogen and oxygen atoms in total. The van der Waals surface area contributed by atoms with Gasteiger partial charge in [0.2, 0.25) is 11.8 Å². The Kier molecular flexibility index (Phi) is 8.92. The molecule has 0 saturated carbocycles. The number of ether oxygens (including phenoxy) is 1. The molecule has 1 aromatic heterocycles. The van der Waals surface area contributed by atoms with Crippen LogP contribution in [0, 0.1) is 5.82 Å². The highest BCUT2D eigenvalue weighted by Gasteiger charge is 2.35. The number of hydrogen-bond acceptors (Lipinski definition) is 5. The molecule has 0 aliphatic carbocycles. The number of amides is 2. The number of rotatable bonds is 12. The Labute approximate surface area is 205 Å². The van der Waals surface area contributed by atoms with E-state index in [9.17, 15) is 14.0 Å². The first kappa shape index (κ1) is 26.3. The van der Waals surface area contributed by atoms with E-state index in [4.69, 9.17) is 4.74 Å². The summed E-state index contributed by atoms with van der Waals surface area (Å²) in [5, 5.41) is 11.2. The number of carbonyl (C=O) groups excluding carboxylic acids is 2. The summed E-state index contributed by atoms with van der Waals surface area (Å²) >= 11 is 0. The van der Waals surface area contributed by atoms with Gasteiger partial charge in [0, 0.05) is 30.9 Å². The van der Waals surface area contributed by atoms with Crippen LogP contribution in [0.4, 0.5) is 4.39 Å². The van der Waals surface area contributed by atoms with Gasteiger partial charge in [0.25, 0.3) is 0 Å². The molecule has 2 aromatic carbocycles. The first-order valence-electron chi connectivity index (χ1n) is 12.0. The normalized spacial score (nSPS) is 12.5. The van der Waals surface area contributed by atoms with E-state index < -0.39 is 23.3 Å². The van der Waals surface area contributed by atoms with Crippen molar-refractivity contribution in [3.63, 3.8) is 0 Å². The molecule has 0 aliphatic rings. The predicted molar refractivity (Wildman–Crippen MR) is 132 cm³/mol. The van der Waals surface area contributed by atoms with Gasteiger partial charge in [-0.2, -0.15) is 0 Å². The van der Waals surface area contributed by atoms with Crippen LogP contribution in [-0.2, 0) is 20.9 Å². The molecule has 1 atom stereocenters. The number of carbonyl (C=O) groups is 2. The smallest absolute Gasteiger partial charge is 0.247 e. The summed E-state index contributed by atoms with van der Waals surface area (Å²) in [4.78, 5) is 28.7. The van der Waals surface area contributed by atoms with E-state index in [1.807, 2.05) is 52.0 Å². The lowest BCUT2D eigenvalue weighted by atomic mass is 9.98. The van der Waals surface area contributed by atoms with Crippen molar-refractivity contribution in [1.29, 1.82) is 0 Å². The van der Waals surface area contributed by atoms with Gasteiger partial charge in [0.15, 0.2) is 0 Å². The van der Waals surface area contributed by atoms with E-state index in [0.29, 0.717) is 37.1 Å². The third kappa shape index (κ3) is 6.63. The summed E-state index contributed by atoms with van der Waals surface area (Å²) in [6.07, 6.45) is 1.17. The Morgan fingerprint density at radius 2 is 1.86 bits per heavy atom. The molecule has 0 bridgehead atoms. The number of nitrogens with one attached hydrogen (secondary N) is 1. The molecular weight excluding hydrogens is 449 g/mol. The second-order valence-electron chi connectivity index (χ2n) is 9.02. The van der Waals surface area contributed by atoms with Crippen molar-refractivity contribution in [3.05, 3.63) is 59.9 Å². The van der Waals surface area contributed by atoms with Gasteiger partial charge in [-0.05, 0) is 51.8 Å². The fourth-order valence-electron chi connectivity index (χ4n) is 3.77. The number of aromatic nitrogens is 3.